The number of carbonyl (C=O) groups is 1. The number of sulfonamides is 1. The molecule has 1 N–H and O–H groups in total. The Morgan fingerprint density at radius 2 is 1.96 bits per heavy atom. The first-order valence-corrected chi connectivity index (χ1v) is 10.4. The van der Waals surface area contributed by atoms with Crippen molar-refractivity contribution < 1.29 is 27.6 Å². The van der Waals surface area contributed by atoms with Gasteiger partial charge in [-0.05, 0) is 25.0 Å². The molecule has 1 saturated heterocycles. The maximum absolute atomic E-state index is 12.7. The highest BCUT2D eigenvalue weighted by Gasteiger charge is 2.29. The monoisotopic (exact) mass is 415 g/mol. The van der Waals surface area contributed by atoms with Gasteiger partial charge in [0, 0.05) is 25.2 Å². The van der Waals surface area contributed by atoms with Gasteiger partial charge in [-0.15, -0.1) is 0 Å². The lowest BCUT2D eigenvalue weighted by Gasteiger charge is -2.26. The van der Waals surface area contributed by atoms with E-state index in [0.29, 0.717) is 0 Å². The van der Waals surface area contributed by atoms with E-state index in [-0.39, 0.29) is 48.9 Å². The molecule has 156 valence electrons. The summed E-state index contributed by atoms with van der Waals surface area (Å²) in [7, 11) is -3.88. The van der Waals surface area contributed by atoms with E-state index in [1.807, 2.05) is 20.8 Å². The zero-order valence-electron chi connectivity index (χ0n) is 16.1. The number of benzene rings is 1. The van der Waals surface area contributed by atoms with E-state index in [1.54, 1.807) is 0 Å². The molecule has 1 aromatic rings. The number of morpholine rings is 1. The van der Waals surface area contributed by atoms with E-state index in [4.69, 9.17) is 9.47 Å². The number of nitrogens with zero attached hydrogens (tertiary/aromatic N) is 2. The Hall–Kier alpha value is -2.24. The number of amides is 1. The summed E-state index contributed by atoms with van der Waals surface area (Å²) >= 11 is 0. The number of carbonyl (C=O) groups excluding carboxylic acids is 1. The molecule has 0 radical (unpaired) electrons. The van der Waals surface area contributed by atoms with Crippen LogP contribution in [-0.4, -0.2) is 62.5 Å². The summed E-state index contributed by atoms with van der Waals surface area (Å²) in [5.74, 6) is -0.359. The number of rotatable bonds is 8. The number of nitrogens with one attached hydrogen (secondary N) is 1. The Morgan fingerprint density at radius 1 is 1.32 bits per heavy atom. The van der Waals surface area contributed by atoms with E-state index in [1.165, 1.54) is 16.4 Å². The van der Waals surface area contributed by atoms with E-state index < -0.39 is 33.1 Å². The summed E-state index contributed by atoms with van der Waals surface area (Å²) < 4.78 is 37.0. The van der Waals surface area contributed by atoms with Gasteiger partial charge in [0.15, 0.2) is 12.4 Å². The van der Waals surface area contributed by atoms with Gasteiger partial charge in [-0.1, -0.05) is 13.8 Å². The van der Waals surface area contributed by atoms with Crippen LogP contribution in [0.3, 0.4) is 0 Å². The van der Waals surface area contributed by atoms with Gasteiger partial charge in [0.2, 0.25) is 10.0 Å². The molecular weight excluding hydrogens is 390 g/mol. The van der Waals surface area contributed by atoms with Crippen molar-refractivity contribution in [3.63, 3.8) is 0 Å². The zero-order chi connectivity index (χ0) is 20.9. The first kappa shape index (κ1) is 22.1. The zero-order valence-corrected chi connectivity index (χ0v) is 16.9. The molecule has 2 rings (SSSR count). The van der Waals surface area contributed by atoms with Gasteiger partial charge in [-0.25, -0.2) is 8.42 Å². The summed E-state index contributed by atoms with van der Waals surface area (Å²) in [6.45, 7) is 6.24. The molecule has 28 heavy (non-hydrogen) atoms. The predicted molar refractivity (Wildman–Crippen MR) is 101 cm³/mol. The quantitative estimate of drug-likeness (QED) is 0.498. The molecule has 0 aromatic heterocycles. The minimum atomic E-state index is -3.88. The van der Waals surface area contributed by atoms with Crippen molar-refractivity contribution in [1.29, 1.82) is 0 Å². The molecule has 1 aromatic carbocycles. The minimum absolute atomic E-state index is 0.0767. The molecule has 0 bridgehead atoms. The first-order valence-electron chi connectivity index (χ1n) is 8.91. The largest absolute Gasteiger partial charge is 0.477 e. The number of nitro groups is 1. The number of hydrogen-bond acceptors (Lipinski definition) is 7. The van der Waals surface area contributed by atoms with Gasteiger partial charge >= 0.3 is 5.69 Å². The third-order valence-electron chi connectivity index (χ3n) is 4.48. The third-order valence-corrected chi connectivity index (χ3v) is 6.38. The topological polar surface area (TPSA) is 128 Å². The molecule has 0 saturated carbocycles. The van der Waals surface area contributed by atoms with Crippen LogP contribution in [-0.2, 0) is 19.6 Å². The lowest BCUT2D eigenvalue weighted by Crippen LogP contribution is -2.40. The second kappa shape index (κ2) is 9.30. The highest BCUT2D eigenvalue weighted by Crippen LogP contribution is 2.31. The Morgan fingerprint density at radius 3 is 2.54 bits per heavy atom. The Kier molecular flexibility index (Phi) is 7.33. The van der Waals surface area contributed by atoms with Crippen LogP contribution in [0.25, 0.3) is 0 Å². The van der Waals surface area contributed by atoms with Crippen molar-refractivity contribution in [3.8, 4) is 5.75 Å². The van der Waals surface area contributed by atoms with Crippen LogP contribution in [0.2, 0.25) is 0 Å². The molecule has 11 heteroatoms. The summed E-state index contributed by atoms with van der Waals surface area (Å²) in [6, 6.07) is 3.31. The van der Waals surface area contributed by atoms with Gasteiger partial charge in [0.25, 0.3) is 5.91 Å². The molecule has 1 aliphatic rings. The fourth-order valence-corrected chi connectivity index (χ4v) is 3.89. The van der Waals surface area contributed by atoms with Gasteiger partial charge in [-0.3, -0.25) is 14.9 Å². The number of ether oxygens (including phenoxy) is 2. The van der Waals surface area contributed by atoms with Gasteiger partial charge in [-0.2, -0.15) is 4.31 Å². The standard InChI is InChI=1S/C17H25N3O7S/c1-12(2)13(3)18-17(21)11-27-16-5-4-14(10-15(16)20(22)23)28(24,25)19-6-8-26-9-7-19/h4-5,10,12-13H,6-9,11H2,1-3H3,(H,18,21)/t13-/m1/s1. The number of hydrogen-bond donors (Lipinski definition) is 1. The first-order chi connectivity index (χ1) is 13.1. The third kappa shape index (κ3) is 5.40. The molecule has 1 fully saturated rings. The van der Waals surface area contributed by atoms with Crippen LogP contribution < -0.4 is 10.1 Å². The van der Waals surface area contributed by atoms with Crippen LogP contribution in [0.15, 0.2) is 23.1 Å². The fourth-order valence-electron chi connectivity index (χ4n) is 2.46. The molecule has 0 aliphatic carbocycles. The van der Waals surface area contributed by atoms with Crippen LogP contribution in [0.1, 0.15) is 20.8 Å². The van der Waals surface area contributed by atoms with Gasteiger partial charge < -0.3 is 14.8 Å². The smallest absolute Gasteiger partial charge is 0.312 e. The Balaban J connectivity index is 2.16. The van der Waals surface area contributed by atoms with Crippen molar-refractivity contribution >= 4 is 21.6 Å². The highest BCUT2D eigenvalue weighted by molar-refractivity contribution is 7.89. The molecule has 1 aliphatic heterocycles. The normalized spacial score (nSPS) is 16.6. The second-order valence-electron chi connectivity index (χ2n) is 6.79. The van der Waals surface area contributed by atoms with Crippen molar-refractivity contribution in [1.82, 2.24) is 9.62 Å². The number of nitro benzene ring substituents is 1. The second-order valence-corrected chi connectivity index (χ2v) is 8.73. The van der Waals surface area contributed by atoms with Crippen LogP contribution in [0, 0.1) is 16.0 Å². The maximum Gasteiger partial charge on any atom is 0.312 e. The summed E-state index contributed by atoms with van der Waals surface area (Å²) in [4.78, 5) is 22.4. The summed E-state index contributed by atoms with van der Waals surface area (Å²) in [5, 5.41) is 14.1. The minimum Gasteiger partial charge on any atom is -0.477 e. The fraction of sp³-hybridized carbons (Fsp3) is 0.588. The van der Waals surface area contributed by atoms with Crippen LogP contribution >= 0.6 is 0 Å². The average molecular weight is 415 g/mol. The highest BCUT2D eigenvalue weighted by atomic mass is 32.2. The van der Waals surface area contributed by atoms with E-state index >= 15 is 0 Å². The van der Waals surface area contributed by atoms with Gasteiger partial charge in [0.05, 0.1) is 23.0 Å². The molecule has 1 amide bonds. The Labute approximate surface area is 164 Å². The van der Waals surface area contributed by atoms with Crippen LogP contribution in [0.4, 0.5) is 5.69 Å². The lowest BCUT2D eigenvalue weighted by atomic mass is 10.1. The van der Waals surface area contributed by atoms with Crippen molar-refractivity contribution in [2.45, 2.75) is 31.7 Å². The lowest BCUT2D eigenvalue weighted by molar-refractivity contribution is -0.386. The average Bonchev–Trinajstić information content (AvgIpc) is 2.66. The van der Waals surface area contributed by atoms with E-state index in [2.05, 4.69) is 5.32 Å². The van der Waals surface area contributed by atoms with E-state index in [0.717, 1.165) is 6.07 Å². The molecule has 1 heterocycles. The summed E-state index contributed by atoms with van der Waals surface area (Å²) in [6.07, 6.45) is 0. The van der Waals surface area contributed by atoms with Crippen molar-refractivity contribution in [2.24, 2.45) is 5.92 Å². The maximum atomic E-state index is 12.7. The predicted octanol–water partition coefficient (Wildman–Crippen LogP) is 1.16. The Bertz CT molecular complexity index is 820. The molecule has 1 atom stereocenters. The van der Waals surface area contributed by atoms with Crippen LogP contribution in [0.5, 0.6) is 5.75 Å². The van der Waals surface area contributed by atoms with Gasteiger partial charge in [0.1, 0.15) is 0 Å². The van der Waals surface area contributed by atoms with Crippen molar-refractivity contribution in [3.05, 3.63) is 28.3 Å². The van der Waals surface area contributed by atoms with E-state index in [9.17, 15) is 23.3 Å². The molecule has 0 unspecified atom stereocenters. The molecular formula is C17H25N3O7S. The summed E-state index contributed by atoms with van der Waals surface area (Å²) in [5.41, 5.74) is -0.515. The molecule has 0 spiro atoms. The van der Waals surface area contributed by atoms with Crippen molar-refractivity contribution in [2.75, 3.05) is 32.9 Å². The SMILES string of the molecule is CC(C)[C@@H](C)NC(=O)COc1ccc(S(=O)(=O)N2CCOCC2)cc1[N+](=O)[O-]. The molecule has 10 nitrogen and oxygen atoms in total.